The molecule has 3 N–H and O–H groups in total. The Balaban J connectivity index is 1.97. The van der Waals surface area contributed by atoms with E-state index in [1.54, 1.807) is 0 Å². The van der Waals surface area contributed by atoms with Crippen LogP contribution in [0.15, 0.2) is 0 Å². The average Bonchev–Trinajstić information content (AvgIpc) is 3.19. The van der Waals surface area contributed by atoms with E-state index in [4.69, 9.17) is 5.73 Å². The summed E-state index contributed by atoms with van der Waals surface area (Å²) >= 11 is 0. The molecule has 0 aromatic carbocycles. The van der Waals surface area contributed by atoms with Crippen molar-refractivity contribution in [1.82, 2.24) is 10.2 Å². The number of hydrogen-bond donors (Lipinski definition) is 2. The monoisotopic (exact) mass is 267 g/mol. The van der Waals surface area contributed by atoms with Crippen molar-refractivity contribution in [3.8, 4) is 0 Å². The molecule has 2 aliphatic carbocycles. The summed E-state index contributed by atoms with van der Waals surface area (Å²) in [6, 6.07) is 0.449. The zero-order chi connectivity index (χ0) is 13.9. The van der Waals surface area contributed by atoms with Crippen LogP contribution in [0.25, 0.3) is 0 Å². The van der Waals surface area contributed by atoms with Gasteiger partial charge in [-0.15, -0.1) is 0 Å². The van der Waals surface area contributed by atoms with Crippen LogP contribution in [0.3, 0.4) is 0 Å². The quantitative estimate of drug-likeness (QED) is 0.766. The maximum atomic E-state index is 12.1. The number of nitrogens with zero attached hydrogens (tertiary/aromatic N) is 1. The number of nitrogens with two attached hydrogens (primary N) is 1. The molecule has 0 radical (unpaired) electrons. The highest BCUT2D eigenvalue weighted by molar-refractivity contribution is 5.78. The molecule has 2 saturated carbocycles. The standard InChI is InChI=1S/C15H29N3O/c1-3-18(10-14(19)17-13-6-7-13)15(11-16)8-4-5-12(2)9-15/h12-13H,3-11,16H2,1-2H3,(H,17,19). The van der Waals surface area contributed by atoms with Gasteiger partial charge in [-0.25, -0.2) is 0 Å². The number of carbonyl (C=O) groups is 1. The van der Waals surface area contributed by atoms with Gasteiger partial charge in [0, 0.05) is 18.1 Å². The van der Waals surface area contributed by atoms with E-state index in [2.05, 4.69) is 24.1 Å². The zero-order valence-corrected chi connectivity index (χ0v) is 12.5. The van der Waals surface area contributed by atoms with Gasteiger partial charge >= 0.3 is 0 Å². The molecule has 0 spiro atoms. The predicted molar refractivity (Wildman–Crippen MR) is 77.8 cm³/mol. The highest BCUT2D eigenvalue weighted by atomic mass is 16.2. The van der Waals surface area contributed by atoms with Gasteiger partial charge in [-0.2, -0.15) is 0 Å². The van der Waals surface area contributed by atoms with Crippen LogP contribution < -0.4 is 11.1 Å². The molecule has 0 heterocycles. The van der Waals surface area contributed by atoms with Crippen LogP contribution in [0.5, 0.6) is 0 Å². The lowest BCUT2D eigenvalue weighted by Gasteiger charge is -2.47. The molecule has 110 valence electrons. The predicted octanol–water partition coefficient (Wildman–Crippen LogP) is 1.49. The minimum absolute atomic E-state index is 0.0489. The van der Waals surface area contributed by atoms with Crippen LogP contribution >= 0.6 is 0 Å². The van der Waals surface area contributed by atoms with Gasteiger partial charge < -0.3 is 11.1 Å². The molecule has 4 heteroatoms. The molecule has 2 aliphatic rings. The number of likely N-dealkylation sites (N-methyl/N-ethyl adjacent to an activating group) is 1. The Morgan fingerprint density at radius 3 is 2.68 bits per heavy atom. The number of hydrogen-bond acceptors (Lipinski definition) is 3. The molecule has 1 amide bonds. The van der Waals surface area contributed by atoms with E-state index in [1.807, 2.05) is 0 Å². The van der Waals surface area contributed by atoms with Crippen LogP contribution in [0.4, 0.5) is 0 Å². The lowest BCUT2D eigenvalue weighted by Crippen LogP contribution is -2.58. The molecular weight excluding hydrogens is 238 g/mol. The van der Waals surface area contributed by atoms with Crippen molar-refractivity contribution in [1.29, 1.82) is 0 Å². The van der Waals surface area contributed by atoms with E-state index in [0.29, 0.717) is 19.1 Å². The Hall–Kier alpha value is -0.610. The molecule has 19 heavy (non-hydrogen) atoms. The topological polar surface area (TPSA) is 58.4 Å². The summed E-state index contributed by atoms with van der Waals surface area (Å²) in [7, 11) is 0. The molecule has 2 fully saturated rings. The molecule has 2 rings (SSSR count). The van der Waals surface area contributed by atoms with E-state index in [1.165, 1.54) is 12.8 Å². The average molecular weight is 267 g/mol. The molecule has 2 unspecified atom stereocenters. The molecule has 4 nitrogen and oxygen atoms in total. The van der Waals surface area contributed by atoms with E-state index >= 15 is 0 Å². The third-order valence-corrected chi connectivity index (χ3v) is 4.78. The van der Waals surface area contributed by atoms with Crippen LogP contribution in [0, 0.1) is 5.92 Å². The second-order valence-corrected chi connectivity index (χ2v) is 6.49. The van der Waals surface area contributed by atoms with Gasteiger partial charge in [0.25, 0.3) is 0 Å². The van der Waals surface area contributed by atoms with E-state index in [9.17, 15) is 4.79 Å². The summed E-state index contributed by atoms with van der Waals surface area (Å²) in [5.41, 5.74) is 6.14. The maximum Gasteiger partial charge on any atom is 0.234 e. The fourth-order valence-electron chi connectivity index (χ4n) is 3.52. The third-order valence-electron chi connectivity index (χ3n) is 4.78. The summed E-state index contributed by atoms with van der Waals surface area (Å²) in [4.78, 5) is 14.4. The minimum atomic E-state index is 0.0489. The van der Waals surface area contributed by atoms with Gasteiger partial charge in [0.15, 0.2) is 0 Å². The lowest BCUT2D eigenvalue weighted by atomic mass is 9.75. The summed E-state index contributed by atoms with van der Waals surface area (Å²) in [6.07, 6.45) is 7.10. The lowest BCUT2D eigenvalue weighted by molar-refractivity contribution is -0.124. The second-order valence-electron chi connectivity index (χ2n) is 6.49. The molecule has 2 atom stereocenters. The Morgan fingerprint density at radius 1 is 1.42 bits per heavy atom. The van der Waals surface area contributed by atoms with Crippen molar-refractivity contribution >= 4 is 5.91 Å². The number of nitrogens with one attached hydrogen (secondary N) is 1. The van der Waals surface area contributed by atoms with Crippen molar-refractivity contribution in [3.63, 3.8) is 0 Å². The van der Waals surface area contributed by atoms with Crippen molar-refractivity contribution < 1.29 is 4.79 Å². The molecule has 0 bridgehead atoms. The summed E-state index contributed by atoms with van der Waals surface area (Å²) in [5, 5.41) is 3.09. The number of amides is 1. The smallest absolute Gasteiger partial charge is 0.234 e. The Labute approximate surface area is 117 Å². The molecule has 0 saturated heterocycles. The van der Waals surface area contributed by atoms with Crippen molar-refractivity contribution in [3.05, 3.63) is 0 Å². The van der Waals surface area contributed by atoms with E-state index < -0.39 is 0 Å². The van der Waals surface area contributed by atoms with Gasteiger partial charge in [-0.05, 0) is 38.1 Å². The van der Waals surface area contributed by atoms with Gasteiger partial charge in [0.05, 0.1) is 6.54 Å². The highest BCUT2D eigenvalue weighted by Gasteiger charge is 2.39. The van der Waals surface area contributed by atoms with Gasteiger partial charge in [0.1, 0.15) is 0 Å². The summed E-state index contributed by atoms with van der Waals surface area (Å²) in [6.45, 7) is 6.53. The first kappa shape index (κ1) is 14.8. The van der Waals surface area contributed by atoms with Gasteiger partial charge in [-0.3, -0.25) is 9.69 Å². The van der Waals surface area contributed by atoms with Gasteiger partial charge in [0.2, 0.25) is 5.91 Å². The molecular formula is C15H29N3O. The Kier molecular flexibility index (Phi) is 4.85. The third kappa shape index (κ3) is 3.69. The molecule has 0 aromatic rings. The summed E-state index contributed by atoms with van der Waals surface area (Å²) in [5.74, 6) is 0.897. The van der Waals surface area contributed by atoms with Crippen LogP contribution in [0.1, 0.15) is 52.4 Å². The maximum absolute atomic E-state index is 12.1. The first-order chi connectivity index (χ1) is 9.09. The van der Waals surface area contributed by atoms with Crippen LogP contribution in [0.2, 0.25) is 0 Å². The molecule has 0 aliphatic heterocycles. The minimum Gasteiger partial charge on any atom is -0.352 e. The second kappa shape index (κ2) is 6.23. The first-order valence-electron chi connectivity index (χ1n) is 7.84. The summed E-state index contributed by atoms with van der Waals surface area (Å²) < 4.78 is 0. The number of rotatable bonds is 6. The van der Waals surface area contributed by atoms with E-state index in [0.717, 1.165) is 38.1 Å². The van der Waals surface area contributed by atoms with Crippen molar-refractivity contribution in [2.45, 2.75) is 64.0 Å². The van der Waals surface area contributed by atoms with Crippen molar-refractivity contribution in [2.75, 3.05) is 19.6 Å². The van der Waals surface area contributed by atoms with E-state index in [-0.39, 0.29) is 11.4 Å². The highest BCUT2D eigenvalue weighted by Crippen LogP contribution is 2.36. The zero-order valence-electron chi connectivity index (χ0n) is 12.5. The Morgan fingerprint density at radius 2 is 2.16 bits per heavy atom. The SMILES string of the molecule is CCN(CC(=O)NC1CC1)C1(CN)CCCC(C)C1. The van der Waals surface area contributed by atoms with Crippen molar-refractivity contribution in [2.24, 2.45) is 11.7 Å². The Bertz CT molecular complexity index is 317. The number of carbonyl (C=O) groups excluding carboxylic acids is 1. The fourth-order valence-corrected chi connectivity index (χ4v) is 3.52. The largest absolute Gasteiger partial charge is 0.352 e. The molecule has 0 aromatic heterocycles. The van der Waals surface area contributed by atoms with Crippen LogP contribution in [-0.2, 0) is 4.79 Å². The fraction of sp³-hybridized carbons (Fsp3) is 0.933. The van der Waals surface area contributed by atoms with Gasteiger partial charge in [-0.1, -0.05) is 26.7 Å². The first-order valence-corrected chi connectivity index (χ1v) is 7.84. The van der Waals surface area contributed by atoms with Crippen LogP contribution in [-0.4, -0.2) is 42.0 Å². The normalized spacial score (nSPS) is 31.5.